The molecular formula is C12H16N4S. The van der Waals surface area contributed by atoms with Gasteiger partial charge in [0.2, 0.25) is 5.95 Å². The molecule has 90 valence electrons. The van der Waals surface area contributed by atoms with Gasteiger partial charge in [-0.05, 0) is 30.2 Å². The average molecular weight is 248 g/mol. The average Bonchev–Trinajstić information content (AvgIpc) is 3.07. The summed E-state index contributed by atoms with van der Waals surface area (Å²) in [5.41, 5.74) is 5.85. The predicted molar refractivity (Wildman–Crippen MR) is 71.4 cm³/mol. The van der Waals surface area contributed by atoms with Crippen molar-refractivity contribution in [2.75, 3.05) is 18.5 Å². The van der Waals surface area contributed by atoms with Gasteiger partial charge in [0.1, 0.15) is 4.83 Å². The molecule has 17 heavy (non-hydrogen) atoms. The van der Waals surface area contributed by atoms with Crippen LogP contribution in [0.3, 0.4) is 0 Å². The third-order valence-corrected chi connectivity index (χ3v) is 4.24. The summed E-state index contributed by atoms with van der Waals surface area (Å²) in [5.74, 6) is 1.52. The Morgan fingerprint density at radius 3 is 3.12 bits per heavy atom. The molecule has 1 unspecified atom stereocenters. The molecule has 1 aliphatic rings. The zero-order valence-electron chi connectivity index (χ0n) is 9.84. The van der Waals surface area contributed by atoms with Crippen LogP contribution < -0.4 is 10.6 Å². The summed E-state index contributed by atoms with van der Waals surface area (Å²) in [6, 6.07) is 2.43. The topological polar surface area (TPSA) is 55.0 Å². The van der Waals surface area contributed by atoms with E-state index in [0.29, 0.717) is 12.6 Å². The molecule has 5 heteroatoms. The van der Waals surface area contributed by atoms with E-state index in [4.69, 9.17) is 5.73 Å². The lowest BCUT2D eigenvalue weighted by Crippen LogP contribution is -2.40. The fraction of sp³-hybridized carbons (Fsp3) is 0.500. The smallest absolute Gasteiger partial charge is 0.226 e. The molecule has 1 atom stereocenters. The van der Waals surface area contributed by atoms with Crippen LogP contribution in [0.25, 0.3) is 10.2 Å². The van der Waals surface area contributed by atoms with Crippen LogP contribution in [0.5, 0.6) is 0 Å². The number of thiophene rings is 1. The first kappa shape index (κ1) is 10.9. The number of rotatable bonds is 4. The SMILES string of the molecule is CN(c1ncc2ccsc2n1)C(CN)C1CC1. The van der Waals surface area contributed by atoms with Gasteiger partial charge in [-0.25, -0.2) is 9.97 Å². The molecule has 0 aliphatic heterocycles. The maximum atomic E-state index is 5.85. The zero-order chi connectivity index (χ0) is 11.8. The molecule has 0 bridgehead atoms. The molecule has 0 aromatic carbocycles. The van der Waals surface area contributed by atoms with Crippen LogP contribution in [-0.4, -0.2) is 29.6 Å². The highest BCUT2D eigenvalue weighted by atomic mass is 32.1. The Kier molecular flexibility index (Phi) is 2.72. The molecule has 2 N–H and O–H groups in total. The maximum Gasteiger partial charge on any atom is 0.226 e. The molecule has 0 radical (unpaired) electrons. The number of aromatic nitrogens is 2. The van der Waals surface area contributed by atoms with Gasteiger partial charge in [0.05, 0.1) is 0 Å². The monoisotopic (exact) mass is 248 g/mol. The molecule has 0 spiro atoms. The third kappa shape index (κ3) is 2.00. The molecule has 3 rings (SSSR count). The van der Waals surface area contributed by atoms with Gasteiger partial charge in [0.25, 0.3) is 0 Å². The van der Waals surface area contributed by atoms with Crippen molar-refractivity contribution < 1.29 is 0 Å². The largest absolute Gasteiger partial charge is 0.339 e. The quantitative estimate of drug-likeness (QED) is 0.897. The van der Waals surface area contributed by atoms with Crippen molar-refractivity contribution in [2.24, 2.45) is 11.7 Å². The second-order valence-corrected chi connectivity index (χ2v) is 5.50. The molecule has 0 amide bonds. The lowest BCUT2D eigenvalue weighted by atomic mass is 10.1. The Labute approximate surface area is 104 Å². The molecule has 4 nitrogen and oxygen atoms in total. The minimum Gasteiger partial charge on any atom is -0.339 e. The first-order valence-corrected chi connectivity index (χ1v) is 6.80. The highest BCUT2D eigenvalue weighted by Gasteiger charge is 2.33. The number of hydrogen-bond acceptors (Lipinski definition) is 5. The fourth-order valence-electron chi connectivity index (χ4n) is 2.21. The van der Waals surface area contributed by atoms with Gasteiger partial charge >= 0.3 is 0 Å². The van der Waals surface area contributed by atoms with Crippen LogP contribution in [0.2, 0.25) is 0 Å². The van der Waals surface area contributed by atoms with Gasteiger partial charge in [-0.15, -0.1) is 11.3 Å². The first-order valence-electron chi connectivity index (χ1n) is 5.92. The van der Waals surface area contributed by atoms with E-state index in [9.17, 15) is 0 Å². The second-order valence-electron chi connectivity index (χ2n) is 4.60. The summed E-state index contributed by atoms with van der Waals surface area (Å²) in [4.78, 5) is 12.2. The number of hydrogen-bond donors (Lipinski definition) is 1. The Hall–Kier alpha value is -1.20. The van der Waals surface area contributed by atoms with Crippen LogP contribution >= 0.6 is 11.3 Å². The van der Waals surface area contributed by atoms with Crippen molar-refractivity contribution in [3.05, 3.63) is 17.6 Å². The number of likely N-dealkylation sites (N-methyl/N-ethyl adjacent to an activating group) is 1. The normalized spacial score (nSPS) is 17.3. The molecule has 2 heterocycles. The summed E-state index contributed by atoms with van der Waals surface area (Å²) in [6.45, 7) is 0.674. The van der Waals surface area contributed by atoms with Crippen molar-refractivity contribution in [3.8, 4) is 0 Å². The van der Waals surface area contributed by atoms with Crippen molar-refractivity contribution in [3.63, 3.8) is 0 Å². The van der Waals surface area contributed by atoms with Gasteiger partial charge in [0, 0.05) is 31.2 Å². The first-order chi connectivity index (χ1) is 8.29. The molecule has 2 aromatic heterocycles. The number of fused-ring (bicyclic) bond motifs is 1. The standard InChI is InChI=1S/C12H16N4S/c1-16(10(6-13)8-2-3-8)12-14-7-9-4-5-17-11(9)15-12/h4-5,7-8,10H,2-3,6,13H2,1H3. The fourth-order valence-corrected chi connectivity index (χ4v) is 2.95. The number of nitrogens with zero attached hydrogens (tertiary/aromatic N) is 3. The number of anilines is 1. The molecule has 1 aliphatic carbocycles. The summed E-state index contributed by atoms with van der Waals surface area (Å²) < 4.78 is 0. The molecule has 0 saturated heterocycles. The van der Waals surface area contributed by atoms with E-state index in [1.807, 2.05) is 24.7 Å². The minimum absolute atomic E-state index is 0.382. The second kappa shape index (κ2) is 4.23. The van der Waals surface area contributed by atoms with Gasteiger partial charge in [0.15, 0.2) is 0 Å². The number of nitrogens with two attached hydrogens (primary N) is 1. The molecular weight excluding hydrogens is 232 g/mol. The van der Waals surface area contributed by atoms with Crippen molar-refractivity contribution in [2.45, 2.75) is 18.9 Å². The van der Waals surface area contributed by atoms with Gasteiger partial charge in [-0.3, -0.25) is 0 Å². The van der Waals surface area contributed by atoms with Crippen LogP contribution in [0.4, 0.5) is 5.95 Å². The van der Waals surface area contributed by atoms with E-state index in [1.54, 1.807) is 11.3 Å². The van der Waals surface area contributed by atoms with E-state index in [-0.39, 0.29) is 0 Å². The van der Waals surface area contributed by atoms with E-state index in [2.05, 4.69) is 14.9 Å². The van der Waals surface area contributed by atoms with Gasteiger partial charge in [-0.1, -0.05) is 0 Å². The third-order valence-electron chi connectivity index (χ3n) is 3.42. The highest BCUT2D eigenvalue weighted by molar-refractivity contribution is 7.16. The maximum absolute atomic E-state index is 5.85. The van der Waals surface area contributed by atoms with Crippen LogP contribution in [0.15, 0.2) is 17.6 Å². The van der Waals surface area contributed by atoms with Crippen LogP contribution in [0, 0.1) is 5.92 Å². The predicted octanol–water partition coefficient (Wildman–Crippen LogP) is 1.86. The van der Waals surface area contributed by atoms with E-state index in [1.165, 1.54) is 12.8 Å². The van der Waals surface area contributed by atoms with Crippen molar-refractivity contribution in [1.29, 1.82) is 0 Å². The Bertz CT molecular complexity index is 520. The van der Waals surface area contributed by atoms with Gasteiger partial charge < -0.3 is 10.6 Å². The lowest BCUT2D eigenvalue weighted by Gasteiger charge is -2.26. The van der Waals surface area contributed by atoms with Crippen LogP contribution in [0.1, 0.15) is 12.8 Å². The zero-order valence-corrected chi connectivity index (χ0v) is 10.7. The summed E-state index contributed by atoms with van der Waals surface area (Å²) in [7, 11) is 2.05. The van der Waals surface area contributed by atoms with Gasteiger partial charge in [-0.2, -0.15) is 0 Å². The summed E-state index contributed by atoms with van der Waals surface area (Å²) in [6.07, 6.45) is 4.46. The Morgan fingerprint density at radius 2 is 2.41 bits per heavy atom. The Morgan fingerprint density at radius 1 is 1.59 bits per heavy atom. The highest BCUT2D eigenvalue weighted by Crippen LogP contribution is 2.35. The minimum atomic E-state index is 0.382. The summed E-state index contributed by atoms with van der Waals surface area (Å²) >= 11 is 1.65. The Balaban J connectivity index is 1.90. The van der Waals surface area contributed by atoms with E-state index >= 15 is 0 Å². The molecule has 1 saturated carbocycles. The summed E-state index contributed by atoms with van der Waals surface area (Å²) in [5, 5.41) is 3.16. The van der Waals surface area contributed by atoms with Crippen molar-refractivity contribution in [1.82, 2.24) is 9.97 Å². The molecule has 1 fully saturated rings. The lowest BCUT2D eigenvalue weighted by molar-refractivity contribution is 0.562. The van der Waals surface area contributed by atoms with E-state index in [0.717, 1.165) is 22.1 Å². The molecule has 2 aromatic rings. The van der Waals surface area contributed by atoms with E-state index < -0.39 is 0 Å². The van der Waals surface area contributed by atoms with Crippen LogP contribution in [-0.2, 0) is 0 Å². The van der Waals surface area contributed by atoms with Crippen molar-refractivity contribution >= 4 is 27.5 Å².